The number of amides is 1. The van der Waals surface area contributed by atoms with Crippen molar-refractivity contribution in [2.45, 2.75) is 32.0 Å². The highest BCUT2D eigenvalue weighted by molar-refractivity contribution is 5.94. The molecule has 3 rings (SSSR count). The molecule has 0 unspecified atom stereocenters. The van der Waals surface area contributed by atoms with Crippen molar-refractivity contribution in [2.24, 2.45) is 5.92 Å². The number of nitrogens with one attached hydrogen (secondary N) is 1. The summed E-state index contributed by atoms with van der Waals surface area (Å²) >= 11 is 0. The molecule has 1 aliphatic rings. The lowest BCUT2D eigenvalue weighted by molar-refractivity contribution is -0.137. The van der Waals surface area contributed by atoms with Crippen molar-refractivity contribution in [3.05, 3.63) is 64.7 Å². The number of benzene rings is 1. The number of rotatable bonds is 6. The number of ketones is 1. The van der Waals surface area contributed by atoms with Gasteiger partial charge < -0.3 is 5.32 Å². The predicted octanol–water partition coefficient (Wildman–Crippen LogP) is 3.69. The van der Waals surface area contributed by atoms with Gasteiger partial charge in [-0.15, -0.1) is 0 Å². The summed E-state index contributed by atoms with van der Waals surface area (Å²) < 4.78 is 51.9. The molecule has 1 amide bonds. The lowest BCUT2D eigenvalue weighted by atomic mass is 10.1. The quantitative estimate of drug-likeness (QED) is 0.778. The van der Waals surface area contributed by atoms with Gasteiger partial charge in [-0.3, -0.25) is 14.6 Å². The molecule has 1 N–H and O–H groups in total. The van der Waals surface area contributed by atoms with E-state index in [2.05, 4.69) is 10.3 Å². The van der Waals surface area contributed by atoms with Crippen LogP contribution in [0.4, 0.5) is 17.6 Å². The maximum absolute atomic E-state index is 13.7. The maximum atomic E-state index is 13.7. The third-order valence-electron chi connectivity index (χ3n) is 4.28. The number of aromatic nitrogens is 1. The van der Waals surface area contributed by atoms with E-state index in [0.29, 0.717) is 17.8 Å². The van der Waals surface area contributed by atoms with E-state index in [-0.39, 0.29) is 29.2 Å². The Hall–Kier alpha value is -2.77. The average Bonchev–Trinajstić information content (AvgIpc) is 3.45. The number of pyridine rings is 1. The Morgan fingerprint density at radius 2 is 1.89 bits per heavy atom. The highest BCUT2D eigenvalue weighted by Gasteiger charge is 2.31. The fraction of sp³-hybridized carbons (Fsp3) is 0.316. The van der Waals surface area contributed by atoms with Crippen LogP contribution < -0.4 is 5.32 Å². The Labute approximate surface area is 152 Å². The fourth-order valence-corrected chi connectivity index (χ4v) is 2.61. The summed E-state index contributed by atoms with van der Waals surface area (Å²) in [5, 5.41) is 2.39. The first-order valence-corrected chi connectivity index (χ1v) is 8.35. The van der Waals surface area contributed by atoms with Gasteiger partial charge in [0, 0.05) is 41.9 Å². The minimum Gasteiger partial charge on any atom is -0.348 e. The highest BCUT2D eigenvalue weighted by atomic mass is 19.4. The molecule has 8 heteroatoms. The van der Waals surface area contributed by atoms with Gasteiger partial charge in [0.15, 0.2) is 0 Å². The van der Waals surface area contributed by atoms with E-state index < -0.39 is 30.0 Å². The van der Waals surface area contributed by atoms with Crippen molar-refractivity contribution in [1.29, 1.82) is 0 Å². The molecule has 0 bridgehead atoms. The Kier molecular flexibility index (Phi) is 5.25. The maximum Gasteiger partial charge on any atom is 0.416 e. The second kappa shape index (κ2) is 7.46. The molecule has 0 spiro atoms. The molecule has 4 nitrogen and oxygen atoms in total. The second-order valence-corrected chi connectivity index (χ2v) is 6.44. The molecule has 1 fully saturated rings. The van der Waals surface area contributed by atoms with E-state index in [1.54, 1.807) is 0 Å². The molecule has 142 valence electrons. The van der Waals surface area contributed by atoms with Crippen LogP contribution in [0.1, 0.15) is 40.0 Å². The van der Waals surface area contributed by atoms with Crippen molar-refractivity contribution >= 4 is 11.7 Å². The van der Waals surface area contributed by atoms with Crippen LogP contribution in [0.25, 0.3) is 0 Å². The van der Waals surface area contributed by atoms with Crippen LogP contribution in [0.15, 0.2) is 36.5 Å². The van der Waals surface area contributed by atoms with E-state index in [1.807, 2.05) is 0 Å². The Morgan fingerprint density at radius 3 is 2.56 bits per heavy atom. The van der Waals surface area contributed by atoms with Gasteiger partial charge in [-0.2, -0.15) is 13.2 Å². The van der Waals surface area contributed by atoms with Crippen LogP contribution in [0.2, 0.25) is 0 Å². The minimum atomic E-state index is -4.60. The van der Waals surface area contributed by atoms with Gasteiger partial charge in [-0.05, 0) is 43.2 Å². The summed E-state index contributed by atoms with van der Waals surface area (Å²) in [4.78, 5) is 28.1. The van der Waals surface area contributed by atoms with Crippen molar-refractivity contribution in [3.63, 3.8) is 0 Å². The summed E-state index contributed by atoms with van der Waals surface area (Å²) in [7, 11) is 0. The molecule has 0 aliphatic heterocycles. The third kappa shape index (κ3) is 4.90. The van der Waals surface area contributed by atoms with Crippen LogP contribution in [0.3, 0.4) is 0 Å². The molecule has 2 aromatic rings. The van der Waals surface area contributed by atoms with Gasteiger partial charge >= 0.3 is 6.18 Å². The molecular formula is C19H16F4N2O2. The number of nitrogens with zero attached hydrogens (tertiary/aromatic N) is 1. The first kappa shape index (κ1) is 19.0. The normalized spacial score (nSPS) is 14.1. The van der Waals surface area contributed by atoms with Gasteiger partial charge in [0.05, 0.1) is 5.56 Å². The highest BCUT2D eigenvalue weighted by Crippen LogP contribution is 2.31. The average molecular weight is 380 g/mol. The Bertz CT molecular complexity index is 876. The fourth-order valence-electron chi connectivity index (χ4n) is 2.61. The minimum absolute atomic E-state index is 0.0751. The molecule has 1 aromatic heterocycles. The van der Waals surface area contributed by atoms with Crippen molar-refractivity contribution in [1.82, 2.24) is 10.3 Å². The topological polar surface area (TPSA) is 59.1 Å². The van der Waals surface area contributed by atoms with Crippen LogP contribution in [-0.2, 0) is 23.9 Å². The third-order valence-corrected chi connectivity index (χ3v) is 4.28. The molecule has 0 radical (unpaired) electrons. The smallest absolute Gasteiger partial charge is 0.348 e. The lowest BCUT2D eigenvalue weighted by Gasteiger charge is -2.11. The van der Waals surface area contributed by atoms with Crippen LogP contribution >= 0.6 is 0 Å². The molecule has 0 saturated heterocycles. The Morgan fingerprint density at radius 1 is 1.15 bits per heavy atom. The number of hydrogen-bond donors (Lipinski definition) is 1. The largest absolute Gasteiger partial charge is 0.416 e. The van der Waals surface area contributed by atoms with Gasteiger partial charge in [0.25, 0.3) is 5.91 Å². The second-order valence-electron chi connectivity index (χ2n) is 6.44. The molecule has 27 heavy (non-hydrogen) atoms. The monoisotopic (exact) mass is 380 g/mol. The van der Waals surface area contributed by atoms with Gasteiger partial charge in [-0.25, -0.2) is 4.39 Å². The zero-order valence-corrected chi connectivity index (χ0v) is 14.1. The molecule has 1 aliphatic carbocycles. The first-order chi connectivity index (χ1) is 12.7. The molecule has 1 heterocycles. The van der Waals surface area contributed by atoms with Crippen molar-refractivity contribution < 1.29 is 27.2 Å². The summed E-state index contributed by atoms with van der Waals surface area (Å²) in [5.74, 6) is -1.28. The molecule has 1 saturated carbocycles. The Balaban J connectivity index is 1.66. The number of hydrogen-bond acceptors (Lipinski definition) is 3. The zero-order chi connectivity index (χ0) is 19.6. The summed E-state index contributed by atoms with van der Waals surface area (Å²) in [6.45, 7) is -0.396. The molecule has 0 atom stereocenters. The lowest BCUT2D eigenvalue weighted by Crippen LogP contribution is -2.24. The van der Waals surface area contributed by atoms with Crippen LogP contribution in [-0.4, -0.2) is 16.7 Å². The number of Topliss-reactive ketones (excluding diaryl/α,β-unsaturated/α-hetero) is 1. The number of carbonyl (C=O) groups excluding carboxylic acids is 2. The number of carbonyl (C=O) groups is 2. The molecule has 1 aromatic carbocycles. The van der Waals surface area contributed by atoms with Crippen LogP contribution in [0, 0.1) is 11.7 Å². The van der Waals surface area contributed by atoms with E-state index in [4.69, 9.17) is 0 Å². The van der Waals surface area contributed by atoms with Gasteiger partial charge in [-0.1, -0.05) is 0 Å². The SMILES string of the molecule is O=C(NCc1cc(C(F)(F)F)ccc1F)c1ccnc(CC(=O)C2CC2)c1. The van der Waals surface area contributed by atoms with Gasteiger partial charge in [0.2, 0.25) is 0 Å². The number of alkyl halides is 3. The van der Waals surface area contributed by atoms with E-state index in [0.717, 1.165) is 18.9 Å². The predicted molar refractivity (Wildman–Crippen MR) is 88.2 cm³/mol. The van der Waals surface area contributed by atoms with Crippen LogP contribution in [0.5, 0.6) is 0 Å². The van der Waals surface area contributed by atoms with E-state index >= 15 is 0 Å². The van der Waals surface area contributed by atoms with E-state index in [1.165, 1.54) is 18.3 Å². The standard InChI is InChI=1S/C19H16F4N2O2/c20-16-4-3-14(19(21,22)23)7-13(16)10-25-18(27)12-5-6-24-15(8-12)9-17(26)11-1-2-11/h3-8,11H,1-2,9-10H2,(H,25,27). The molecular weight excluding hydrogens is 364 g/mol. The summed E-state index contributed by atoms with van der Waals surface area (Å²) in [6.07, 6.45) is -1.33. The summed E-state index contributed by atoms with van der Waals surface area (Å²) in [5.41, 5.74) is -0.602. The number of halogens is 4. The van der Waals surface area contributed by atoms with Gasteiger partial charge in [0.1, 0.15) is 11.6 Å². The first-order valence-electron chi connectivity index (χ1n) is 8.35. The zero-order valence-electron chi connectivity index (χ0n) is 14.1. The van der Waals surface area contributed by atoms with Crippen molar-refractivity contribution in [2.75, 3.05) is 0 Å². The summed E-state index contributed by atoms with van der Waals surface area (Å²) in [6, 6.07) is 4.91. The van der Waals surface area contributed by atoms with E-state index in [9.17, 15) is 27.2 Å². The van der Waals surface area contributed by atoms with Crippen molar-refractivity contribution in [3.8, 4) is 0 Å².